The Balaban J connectivity index is 1.61. The van der Waals surface area contributed by atoms with Crippen molar-refractivity contribution in [2.24, 2.45) is 0 Å². The van der Waals surface area contributed by atoms with Crippen LogP contribution in [0.4, 0.5) is 11.4 Å². The normalized spacial score (nSPS) is 14.1. The zero-order valence-electron chi connectivity index (χ0n) is 18.9. The lowest BCUT2D eigenvalue weighted by atomic mass is 10.1. The number of ether oxygens (including phenoxy) is 1. The van der Waals surface area contributed by atoms with E-state index in [9.17, 15) is 28.1 Å². The van der Waals surface area contributed by atoms with E-state index in [0.29, 0.717) is 30.7 Å². The molecule has 9 nitrogen and oxygen atoms in total. The van der Waals surface area contributed by atoms with Crippen LogP contribution in [0, 0.1) is 10.1 Å². The number of carbonyl (C=O) groups excluding carboxylic acids is 2. The van der Waals surface area contributed by atoms with Crippen LogP contribution < -0.4 is 10.1 Å². The van der Waals surface area contributed by atoms with Gasteiger partial charge in [-0.3, -0.25) is 19.7 Å². The van der Waals surface area contributed by atoms with E-state index in [0.717, 1.165) is 18.7 Å². The molecule has 1 N–H and O–H groups in total. The number of hydrogen-bond acceptors (Lipinski definition) is 8. The molecule has 0 radical (unpaired) electrons. The summed E-state index contributed by atoms with van der Waals surface area (Å²) in [6.45, 7) is 1.14. The van der Waals surface area contributed by atoms with Gasteiger partial charge < -0.3 is 10.1 Å². The summed E-state index contributed by atoms with van der Waals surface area (Å²) in [7, 11) is -3.73. The summed E-state index contributed by atoms with van der Waals surface area (Å²) >= 11 is 7.86. The van der Waals surface area contributed by atoms with Crippen LogP contribution in [0.15, 0.2) is 78.2 Å². The van der Waals surface area contributed by atoms with Crippen molar-refractivity contribution in [2.45, 2.75) is 22.5 Å². The van der Waals surface area contributed by atoms with Gasteiger partial charge in [0.15, 0.2) is 9.84 Å². The minimum Gasteiger partial charge on any atom is -0.419 e. The minimum absolute atomic E-state index is 0.0546. The van der Waals surface area contributed by atoms with Crippen LogP contribution in [0.5, 0.6) is 5.75 Å². The summed E-state index contributed by atoms with van der Waals surface area (Å²) in [5.41, 5.74) is 0.855. The maximum atomic E-state index is 13.1. The van der Waals surface area contributed by atoms with E-state index >= 15 is 0 Å². The molecule has 1 aliphatic rings. The summed E-state index contributed by atoms with van der Waals surface area (Å²) in [6, 6.07) is 13.7. The van der Waals surface area contributed by atoms with Crippen LogP contribution in [0.2, 0.25) is 0 Å². The van der Waals surface area contributed by atoms with Crippen LogP contribution in [0.1, 0.15) is 18.1 Å². The molecular formula is C24H16Br2N2O7S2. The Morgan fingerprint density at radius 3 is 2.49 bits per heavy atom. The number of rotatable bonds is 6. The lowest BCUT2D eigenvalue weighted by Gasteiger charge is -2.19. The topological polar surface area (TPSA) is 133 Å². The Labute approximate surface area is 232 Å². The number of esters is 1. The van der Waals surface area contributed by atoms with Gasteiger partial charge in [-0.15, -0.1) is 0 Å². The fourth-order valence-electron chi connectivity index (χ4n) is 3.44. The zero-order chi connectivity index (χ0) is 26.9. The van der Waals surface area contributed by atoms with Gasteiger partial charge in [-0.1, -0.05) is 55.8 Å². The van der Waals surface area contributed by atoms with Crippen molar-refractivity contribution in [1.29, 1.82) is 0 Å². The number of nitrogens with zero attached hydrogens (tertiary/aromatic N) is 1. The highest BCUT2D eigenvalue weighted by Crippen LogP contribution is 2.41. The van der Waals surface area contributed by atoms with Gasteiger partial charge in [0.1, 0.15) is 0 Å². The van der Waals surface area contributed by atoms with E-state index in [-0.39, 0.29) is 21.3 Å². The monoisotopic (exact) mass is 666 g/mol. The van der Waals surface area contributed by atoms with Gasteiger partial charge in [0.2, 0.25) is 5.75 Å². The Bertz CT molecular complexity index is 1580. The number of nitro benzene ring substituents is 1. The van der Waals surface area contributed by atoms with Crippen molar-refractivity contribution in [3.63, 3.8) is 0 Å². The van der Waals surface area contributed by atoms with Crippen molar-refractivity contribution >= 4 is 82.8 Å². The molecule has 0 bridgehead atoms. The number of amides is 1. The first-order chi connectivity index (χ1) is 17.4. The standard InChI is InChI=1S/C24H16Br2N2O7S2/c1-13(29)35-21-7-5-14(9-20(21)28(31)32)10-23-24(30)27-19-11-15(6-8-22(19)36-23)37(33,34)12-16-17(25)3-2-4-18(16)26/h2-11H,12H2,1H3,(H,27,30)/b23-10+. The molecule has 0 saturated carbocycles. The number of sulfone groups is 1. The highest BCUT2D eigenvalue weighted by atomic mass is 79.9. The predicted octanol–water partition coefficient (Wildman–Crippen LogP) is 6.10. The third kappa shape index (κ3) is 6.12. The molecular weight excluding hydrogens is 652 g/mol. The molecule has 190 valence electrons. The maximum Gasteiger partial charge on any atom is 0.312 e. The number of carbonyl (C=O) groups is 2. The summed E-state index contributed by atoms with van der Waals surface area (Å²) in [4.78, 5) is 35.6. The highest BCUT2D eigenvalue weighted by Gasteiger charge is 2.26. The van der Waals surface area contributed by atoms with Crippen molar-refractivity contribution in [2.75, 3.05) is 5.32 Å². The first-order valence-electron chi connectivity index (χ1n) is 10.4. The smallest absolute Gasteiger partial charge is 0.312 e. The number of halogens is 2. The van der Waals surface area contributed by atoms with Crippen molar-refractivity contribution in [1.82, 2.24) is 0 Å². The SMILES string of the molecule is CC(=O)Oc1ccc(/C=C2/Sc3ccc(S(=O)(=O)Cc4c(Br)cccc4Br)cc3NC2=O)cc1[N+](=O)[O-]. The van der Waals surface area contributed by atoms with Crippen LogP contribution in [-0.4, -0.2) is 25.2 Å². The number of nitrogens with one attached hydrogen (secondary N) is 1. The number of nitro groups is 1. The van der Waals surface area contributed by atoms with Crippen LogP contribution in [0.3, 0.4) is 0 Å². The average molecular weight is 668 g/mol. The van der Waals surface area contributed by atoms with Gasteiger partial charge in [-0.05, 0) is 53.6 Å². The third-order valence-corrected chi connectivity index (χ3v) is 9.36. The van der Waals surface area contributed by atoms with Gasteiger partial charge in [0.05, 0.1) is 26.2 Å². The molecule has 0 saturated heterocycles. The van der Waals surface area contributed by atoms with E-state index in [4.69, 9.17) is 4.74 Å². The Kier molecular flexibility index (Phi) is 7.88. The predicted molar refractivity (Wildman–Crippen MR) is 146 cm³/mol. The highest BCUT2D eigenvalue weighted by molar-refractivity contribution is 9.11. The Morgan fingerprint density at radius 2 is 1.84 bits per heavy atom. The van der Waals surface area contributed by atoms with Gasteiger partial charge >= 0.3 is 11.7 Å². The van der Waals surface area contributed by atoms with Gasteiger partial charge in [0.25, 0.3) is 5.91 Å². The van der Waals surface area contributed by atoms with Crippen molar-refractivity contribution < 1.29 is 27.7 Å². The molecule has 13 heteroatoms. The summed E-state index contributed by atoms with van der Waals surface area (Å²) in [6.07, 6.45) is 1.46. The molecule has 0 atom stereocenters. The van der Waals surface area contributed by atoms with E-state index < -0.39 is 32.3 Å². The first kappa shape index (κ1) is 27.0. The molecule has 0 fully saturated rings. The number of thioether (sulfide) groups is 1. The quantitative estimate of drug-likeness (QED) is 0.110. The zero-order valence-corrected chi connectivity index (χ0v) is 23.7. The van der Waals surface area contributed by atoms with E-state index in [1.807, 2.05) is 0 Å². The largest absolute Gasteiger partial charge is 0.419 e. The Morgan fingerprint density at radius 1 is 1.14 bits per heavy atom. The fraction of sp³-hybridized carbons (Fsp3) is 0.0833. The lowest BCUT2D eigenvalue weighted by Crippen LogP contribution is -2.18. The van der Waals surface area contributed by atoms with Crippen molar-refractivity contribution in [3.8, 4) is 5.75 Å². The van der Waals surface area contributed by atoms with Crippen molar-refractivity contribution in [3.05, 3.63) is 89.7 Å². The lowest BCUT2D eigenvalue weighted by molar-refractivity contribution is -0.385. The summed E-state index contributed by atoms with van der Waals surface area (Å²) in [5, 5.41) is 14.1. The molecule has 4 rings (SSSR count). The summed E-state index contributed by atoms with van der Waals surface area (Å²) in [5.74, 6) is -1.64. The second-order valence-electron chi connectivity index (χ2n) is 7.76. The minimum atomic E-state index is -3.73. The maximum absolute atomic E-state index is 13.1. The fourth-order valence-corrected chi connectivity index (χ4v) is 7.45. The van der Waals surface area contributed by atoms with E-state index in [1.165, 1.54) is 36.4 Å². The number of benzene rings is 3. The third-order valence-electron chi connectivity index (χ3n) is 5.13. The summed E-state index contributed by atoms with van der Waals surface area (Å²) < 4.78 is 32.4. The van der Waals surface area contributed by atoms with Gasteiger partial charge in [-0.25, -0.2) is 8.42 Å². The van der Waals surface area contributed by atoms with Crippen LogP contribution in [0.25, 0.3) is 6.08 Å². The molecule has 3 aromatic rings. The molecule has 0 aliphatic carbocycles. The molecule has 0 unspecified atom stereocenters. The average Bonchev–Trinajstić information content (AvgIpc) is 2.82. The first-order valence-corrected chi connectivity index (χ1v) is 14.5. The number of hydrogen-bond donors (Lipinski definition) is 1. The molecule has 0 aromatic heterocycles. The van der Waals surface area contributed by atoms with E-state index in [1.54, 1.807) is 24.3 Å². The Hall–Kier alpha value is -3.00. The van der Waals surface area contributed by atoms with Crippen LogP contribution >= 0.6 is 43.6 Å². The molecule has 37 heavy (non-hydrogen) atoms. The number of anilines is 1. The molecule has 1 aliphatic heterocycles. The molecule has 0 spiro atoms. The van der Waals surface area contributed by atoms with Gasteiger partial charge in [-0.2, -0.15) is 0 Å². The second-order valence-corrected chi connectivity index (χ2v) is 12.5. The van der Waals surface area contributed by atoms with E-state index in [2.05, 4.69) is 37.2 Å². The van der Waals surface area contributed by atoms with Crippen LogP contribution in [-0.2, 0) is 25.2 Å². The molecule has 1 heterocycles. The number of fused-ring (bicyclic) bond motifs is 1. The molecule has 3 aromatic carbocycles. The van der Waals surface area contributed by atoms with Gasteiger partial charge in [0, 0.05) is 26.8 Å². The second kappa shape index (κ2) is 10.8. The molecule has 1 amide bonds.